The highest BCUT2D eigenvalue weighted by Gasteiger charge is 2.12. The zero-order chi connectivity index (χ0) is 19.2. The van der Waals surface area contributed by atoms with Gasteiger partial charge in [-0.3, -0.25) is 0 Å². The van der Waals surface area contributed by atoms with Gasteiger partial charge in [-0.05, 0) is 31.5 Å². The summed E-state index contributed by atoms with van der Waals surface area (Å²) in [5, 5.41) is 6.92. The van der Waals surface area contributed by atoms with Crippen molar-refractivity contribution in [3.63, 3.8) is 0 Å². The Morgan fingerprint density at radius 3 is 2.33 bits per heavy atom. The first-order valence-corrected chi connectivity index (χ1v) is 8.95. The maximum Gasteiger partial charge on any atom is 0.317 e. The Morgan fingerprint density at radius 2 is 1.67 bits per heavy atom. The van der Waals surface area contributed by atoms with E-state index in [4.69, 9.17) is 4.52 Å². The van der Waals surface area contributed by atoms with Crippen LogP contribution in [0.3, 0.4) is 0 Å². The molecule has 0 atom stereocenters. The third kappa shape index (κ3) is 5.17. The fourth-order valence-corrected chi connectivity index (χ4v) is 2.56. The second-order valence-corrected chi connectivity index (χ2v) is 6.70. The van der Waals surface area contributed by atoms with E-state index >= 15 is 0 Å². The van der Waals surface area contributed by atoms with Crippen molar-refractivity contribution in [1.29, 1.82) is 0 Å². The molecule has 3 rings (SSSR count). The SMILES string of the molecule is Cc1ccc(CNC(=O)N(C)CCc2noc(-c3ccc(C)cc3)n2)cc1. The highest BCUT2D eigenvalue weighted by molar-refractivity contribution is 5.73. The fraction of sp³-hybridized carbons (Fsp3) is 0.286. The van der Waals surface area contributed by atoms with Crippen LogP contribution >= 0.6 is 0 Å². The summed E-state index contributed by atoms with van der Waals surface area (Å²) in [5.74, 6) is 1.08. The van der Waals surface area contributed by atoms with Crippen LogP contribution in [0, 0.1) is 13.8 Å². The quantitative estimate of drug-likeness (QED) is 0.723. The van der Waals surface area contributed by atoms with Gasteiger partial charge in [-0.2, -0.15) is 4.98 Å². The molecule has 0 saturated carbocycles. The lowest BCUT2D eigenvalue weighted by atomic mass is 10.1. The van der Waals surface area contributed by atoms with E-state index in [1.165, 1.54) is 11.1 Å². The van der Waals surface area contributed by atoms with Gasteiger partial charge >= 0.3 is 6.03 Å². The molecule has 0 aliphatic carbocycles. The van der Waals surface area contributed by atoms with Crippen molar-refractivity contribution in [2.24, 2.45) is 0 Å². The standard InChI is InChI=1S/C21H24N4O2/c1-15-4-8-17(9-5-15)14-22-21(26)25(3)13-12-19-23-20(27-24-19)18-10-6-16(2)7-11-18/h4-11H,12-14H2,1-3H3,(H,22,26). The van der Waals surface area contributed by atoms with Crippen LogP contribution in [0.5, 0.6) is 0 Å². The molecule has 0 bridgehead atoms. The van der Waals surface area contributed by atoms with Gasteiger partial charge in [0.25, 0.3) is 5.89 Å². The molecule has 0 saturated heterocycles. The van der Waals surface area contributed by atoms with Gasteiger partial charge < -0.3 is 14.7 Å². The molecule has 2 amide bonds. The number of carbonyl (C=O) groups excluding carboxylic acids is 1. The number of hydrogen-bond donors (Lipinski definition) is 1. The summed E-state index contributed by atoms with van der Waals surface area (Å²) in [5.41, 5.74) is 4.34. The third-order valence-electron chi connectivity index (χ3n) is 4.35. The van der Waals surface area contributed by atoms with Crippen molar-refractivity contribution in [3.8, 4) is 11.5 Å². The van der Waals surface area contributed by atoms with E-state index < -0.39 is 0 Å². The number of rotatable bonds is 6. The Balaban J connectivity index is 1.48. The van der Waals surface area contributed by atoms with Crippen LogP contribution in [0.15, 0.2) is 53.1 Å². The van der Waals surface area contributed by atoms with Crippen molar-refractivity contribution in [2.75, 3.05) is 13.6 Å². The van der Waals surface area contributed by atoms with Crippen molar-refractivity contribution in [1.82, 2.24) is 20.4 Å². The van der Waals surface area contributed by atoms with E-state index in [1.54, 1.807) is 11.9 Å². The predicted octanol–water partition coefficient (Wildman–Crippen LogP) is 3.74. The van der Waals surface area contributed by atoms with Gasteiger partial charge in [0, 0.05) is 32.1 Å². The minimum atomic E-state index is -0.127. The number of urea groups is 1. The summed E-state index contributed by atoms with van der Waals surface area (Å²) in [6.07, 6.45) is 0.532. The van der Waals surface area contributed by atoms with E-state index in [1.807, 2.05) is 62.4 Å². The molecule has 0 fully saturated rings. The number of hydrogen-bond acceptors (Lipinski definition) is 4. The van der Waals surface area contributed by atoms with Crippen molar-refractivity contribution in [3.05, 3.63) is 71.0 Å². The van der Waals surface area contributed by atoms with Crippen LogP contribution in [0.25, 0.3) is 11.5 Å². The van der Waals surface area contributed by atoms with Crippen LogP contribution in [0.4, 0.5) is 4.79 Å². The lowest BCUT2D eigenvalue weighted by Gasteiger charge is -2.17. The Hall–Kier alpha value is -3.15. The summed E-state index contributed by atoms with van der Waals surface area (Å²) in [6.45, 7) is 5.08. The van der Waals surface area contributed by atoms with E-state index in [0.29, 0.717) is 31.2 Å². The van der Waals surface area contributed by atoms with E-state index in [2.05, 4.69) is 15.5 Å². The number of nitrogens with one attached hydrogen (secondary N) is 1. The number of aromatic nitrogens is 2. The molecule has 6 heteroatoms. The first-order valence-electron chi connectivity index (χ1n) is 8.95. The Morgan fingerprint density at radius 1 is 1.04 bits per heavy atom. The van der Waals surface area contributed by atoms with E-state index in [9.17, 15) is 4.79 Å². The number of amides is 2. The molecular formula is C21H24N4O2. The Bertz CT molecular complexity index is 885. The summed E-state index contributed by atoms with van der Waals surface area (Å²) >= 11 is 0. The molecule has 1 N–H and O–H groups in total. The van der Waals surface area contributed by atoms with Gasteiger partial charge in [0.05, 0.1) is 0 Å². The first-order chi connectivity index (χ1) is 13.0. The smallest absolute Gasteiger partial charge is 0.317 e. The lowest BCUT2D eigenvalue weighted by molar-refractivity contribution is 0.208. The second-order valence-electron chi connectivity index (χ2n) is 6.70. The molecular weight excluding hydrogens is 340 g/mol. The van der Waals surface area contributed by atoms with E-state index in [0.717, 1.165) is 11.1 Å². The number of likely N-dealkylation sites (N-methyl/N-ethyl adjacent to an activating group) is 1. The number of carbonyl (C=O) groups is 1. The van der Waals surface area contributed by atoms with Gasteiger partial charge in [-0.25, -0.2) is 4.79 Å². The molecule has 0 unspecified atom stereocenters. The Kier molecular flexibility index (Phi) is 5.86. The van der Waals surface area contributed by atoms with Gasteiger partial charge in [0.2, 0.25) is 0 Å². The molecule has 0 aliphatic heterocycles. The van der Waals surface area contributed by atoms with Crippen LogP contribution in [-0.4, -0.2) is 34.7 Å². The van der Waals surface area contributed by atoms with Crippen LogP contribution < -0.4 is 5.32 Å². The normalized spacial score (nSPS) is 10.6. The summed E-state index contributed by atoms with van der Waals surface area (Å²) in [4.78, 5) is 18.2. The molecule has 1 aromatic heterocycles. The number of benzene rings is 2. The molecule has 3 aromatic rings. The van der Waals surface area contributed by atoms with Crippen molar-refractivity contribution in [2.45, 2.75) is 26.8 Å². The minimum absolute atomic E-state index is 0.127. The van der Waals surface area contributed by atoms with Crippen LogP contribution in [-0.2, 0) is 13.0 Å². The zero-order valence-electron chi connectivity index (χ0n) is 15.9. The average Bonchev–Trinajstić information content (AvgIpc) is 3.15. The molecule has 27 heavy (non-hydrogen) atoms. The van der Waals surface area contributed by atoms with E-state index in [-0.39, 0.29) is 6.03 Å². The summed E-state index contributed by atoms with van der Waals surface area (Å²) < 4.78 is 5.32. The lowest BCUT2D eigenvalue weighted by Crippen LogP contribution is -2.38. The zero-order valence-corrected chi connectivity index (χ0v) is 15.9. The summed E-state index contributed by atoms with van der Waals surface area (Å²) in [7, 11) is 1.76. The molecule has 2 aromatic carbocycles. The topological polar surface area (TPSA) is 71.3 Å². The van der Waals surface area contributed by atoms with Gasteiger partial charge in [-0.15, -0.1) is 0 Å². The highest BCUT2D eigenvalue weighted by Crippen LogP contribution is 2.17. The molecule has 1 heterocycles. The van der Waals surface area contributed by atoms with Gasteiger partial charge in [0.15, 0.2) is 5.82 Å². The third-order valence-corrected chi connectivity index (χ3v) is 4.35. The molecule has 140 valence electrons. The monoisotopic (exact) mass is 364 g/mol. The maximum absolute atomic E-state index is 12.2. The fourth-order valence-electron chi connectivity index (χ4n) is 2.56. The predicted molar refractivity (Wildman–Crippen MR) is 104 cm³/mol. The van der Waals surface area contributed by atoms with Gasteiger partial charge in [-0.1, -0.05) is 52.7 Å². The molecule has 0 radical (unpaired) electrons. The van der Waals surface area contributed by atoms with Crippen molar-refractivity contribution >= 4 is 6.03 Å². The molecule has 6 nitrogen and oxygen atoms in total. The largest absolute Gasteiger partial charge is 0.334 e. The Labute approximate surface area is 159 Å². The number of nitrogens with zero attached hydrogens (tertiary/aromatic N) is 3. The first kappa shape index (κ1) is 18.6. The highest BCUT2D eigenvalue weighted by atomic mass is 16.5. The molecule has 0 aliphatic rings. The molecule has 0 spiro atoms. The van der Waals surface area contributed by atoms with Crippen molar-refractivity contribution < 1.29 is 9.32 Å². The maximum atomic E-state index is 12.2. The summed E-state index contributed by atoms with van der Waals surface area (Å²) in [6, 6.07) is 15.9. The van der Waals surface area contributed by atoms with Gasteiger partial charge in [0.1, 0.15) is 0 Å². The minimum Gasteiger partial charge on any atom is -0.334 e. The van der Waals surface area contributed by atoms with Crippen LogP contribution in [0.2, 0.25) is 0 Å². The second kappa shape index (κ2) is 8.49. The van der Waals surface area contributed by atoms with Crippen LogP contribution in [0.1, 0.15) is 22.5 Å². The average molecular weight is 364 g/mol. The number of aryl methyl sites for hydroxylation is 2.